The van der Waals surface area contributed by atoms with E-state index in [9.17, 15) is 26.4 Å². The second-order valence-electron chi connectivity index (χ2n) is 7.92. The van der Waals surface area contributed by atoms with E-state index in [4.69, 9.17) is 4.74 Å². The Morgan fingerprint density at radius 3 is 2.63 bits per heavy atom. The first-order valence-corrected chi connectivity index (χ1v) is 12.1. The summed E-state index contributed by atoms with van der Waals surface area (Å²) < 4.78 is 73.0. The van der Waals surface area contributed by atoms with Gasteiger partial charge in [-0.15, -0.1) is 0 Å². The van der Waals surface area contributed by atoms with Crippen molar-refractivity contribution in [2.24, 2.45) is 7.05 Å². The molecule has 1 fully saturated rings. The van der Waals surface area contributed by atoms with Gasteiger partial charge in [0.25, 0.3) is 5.91 Å². The van der Waals surface area contributed by atoms with Gasteiger partial charge in [0, 0.05) is 19.4 Å². The Morgan fingerprint density at radius 2 is 2.00 bits per heavy atom. The Bertz CT molecular complexity index is 1590. The molecule has 0 aromatic carbocycles. The molecule has 0 unspecified atom stereocenters. The average molecular weight is 509 g/mol. The summed E-state index contributed by atoms with van der Waals surface area (Å²) in [6.07, 6.45) is -2.63. The van der Waals surface area contributed by atoms with E-state index in [0.717, 1.165) is 10.6 Å². The fourth-order valence-electron chi connectivity index (χ4n) is 3.68. The summed E-state index contributed by atoms with van der Waals surface area (Å²) in [4.78, 5) is 25.2. The number of fused-ring (bicyclic) bond motifs is 2. The molecule has 0 radical (unpaired) electrons. The maximum Gasteiger partial charge on any atom is 0.417 e. The van der Waals surface area contributed by atoms with Gasteiger partial charge in [-0.05, 0) is 12.1 Å². The van der Waals surface area contributed by atoms with Crippen molar-refractivity contribution in [1.29, 1.82) is 0 Å². The molecule has 0 spiro atoms. The number of imidazole rings is 1. The molecule has 4 aromatic heterocycles. The molecule has 184 valence electrons. The highest BCUT2D eigenvalue weighted by Crippen LogP contribution is 2.35. The number of rotatable bonds is 5. The summed E-state index contributed by atoms with van der Waals surface area (Å²) in [5.41, 5.74) is -0.988. The standard InChI is InChI=1S/C20H18F3N7O4S/c1-3-35(32,33)19-14(17-27-12-6-10(20(21,22)23)7-25-15(12)29(17)2)16-24-5-4-13(30(16)28-19)18(31)26-11-8-34-9-11/h4-7,11H,3,8-9H2,1-2H3,(H,26,31). The molecular weight excluding hydrogens is 491 g/mol. The first-order chi connectivity index (χ1) is 16.5. The smallest absolute Gasteiger partial charge is 0.377 e. The molecule has 4 aromatic rings. The summed E-state index contributed by atoms with van der Waals surface area (Å²) in [6, 6.07) is 2.03. The van der Waals surface area contributed by atoms with E-state index in [1.807, 2.05) is 0 Å². The number of nitrogens with one attached hydrogen (secondary N) is 1. The zero-order valence-corrected chi connectivity index (χ0v) is 19.2. The molecule has 1 saturated heterocycles. The third-order valence-electron chi connectivity index (χ3n) is 5.63. The topological polar surface area (TPSA) is 133 Å². The van der Waals surface area contributed by atoms with E-state index in [0.29, 0.717) is 19.4 Å². The minimum Gasteiger partial charge on any atom is -0.377 e. The van der Waals surface area contributed by atoms with Gasteiger partial charge >= 0.3 is 6.18 Å². The summed E-state index contributed by atoms with van der Waals surface area (Å²) in [7, 11) is -2.47. The molecule has 15 heteroatoms. The molecule has 1 aliphatic heterocycles. The van der Waals surface area contributed by atoms with Crippen LogP contribution < -0.4 is 5.32 Å². The van der Waals surface area contributed by atoms with Crippen LogP contribution in [0.2, 0.25) is 0 Å². The number of amides is 1. The lowest BCUT2D eigenvalue weighted by molar-refractivity contribution is -0.137. The van der Waals surface area contributed by atoms with Gasteiger partial charge in [0.15, 0.2) is 26.2 Å². The summed E-state index contributed by atoms with van der Waals surface area (Å²) in [5, 5.41) is 6.56. The predicted octanol–water partition coefficient (Wildman–Crippen LogP) is 1.62. The molecule has 0 saturated carbocycles. The van der Waals surface area contributed by atoms with Gasteiger partial charge in [-0.2, -0.15) is 18.3 Å². The van der Waals surface area contributed by atoms with Crippen LogP contribution >= 0.6 is 0 Å². The Balaban J connectivity index is 1.76. The number of aryl methyl sites for hydroxylation is 1. The molecule has 35 heavy (non-hydrogen) atoms. The zero-order chi connectivity index (χ0) is 25.1. The lowest BCUT2D eigenvalue weighted by atomic mass is 10.2. The molecule has 1 aliphatic rings. The maximum atomic E-state index is 13.2. The molecule has 5 rings (SSSR count). The highest BCUT2D eigenvalue weighted by molar-refractivity contribution is 7.91. The third kappa shape index (κ3) is 3.80. The van der Waals surface area contributed by atoms with Gasteiger partial charge in [-0.3, -0.25) is 4.79 Å². The molecule has 5 heterocycles. The first kappa shape index (κ1) is 23.2. The lowest BCUT2D eigenvalue weighted by Crippen LogP contribution is -2.48. The number of hydrogen-bond donors (Lipinski definition) is 1. The molecule has 0 atom stereocenters. The second kappa shape index (κ2) is 7.98. The average Bonchev–Trinajstić information content (AvgIpc) is 3.33. The number of ether oxygens (including phenoxy) is 1. The van der Waals surface area contributed by atoms with Gasteiger partial charge in [0.1, 0.15) is 22.6 Å². The number of pyridine rings is 1. The molecule has 11 nitrogen and oxygen atoms in total. The number of hydrogen-bond acceptors (Lipinski definition) is 8. The van der Waals surface area contributed by atoms with E-state index in [1.54, 1.807) is 0 Å². The third-order valence-corrected chi connectivity index (χ3v) is 7.26. The maximum absolute atomic E-state index is 13.2. The lowest BCUT2D eigenvalue weighted by Gasteiger charge is -2.26. The Hall–Kier alpha value is -3.59. The van der Waals surface area contributed by atoms with Gasteiger partial charge in [0.05, 0.1) is 30.6 Å². The van der Waals surface area contributed by atoms with Crippen molar-refractivity contribution in [2.45, 2.75) is 24.2 Å². The van der Waals surface area contributed by atoms with E-state index in [-0.39, 0.29) is 45.7 Å². The second-order valence-corrected chi connectivity index (χ2v) is 10.1. The highest BCUT2D eigenvalue weighted by atomic mass is 32.2. The fourth-order valence-corrected chi connectivity index (χ4v) is 4.65. The number of aromatic nitrogens is 6. The van der Waals surface area contributed by atoms with Crippen LogP contribution in [0.15, 0.2) is 29.6 Å². The summed E-state index contributed by atoms with van der Waals surface area (Å²) in [5.74, 6) is -0.835. The number of sulfone groups is 1. The van der Waals surface area contributed by atoms with Crippen LogP contribution in [0.3, 0.4) is 0 Å². The van der Waals surface area contributed by atoms with Crippen molar-refractivity contribution in [1.82, 2.24) is 34.4 Å². The fraction of sp³-hybridized carbons (Fsp3) is 0.350. The van der Waals surface area contributed by atoms with Crippen LogP contribution in [0.25, 0.3) is 28.2 Å². The summed E-state index contributed by atoms with van der Waals surface area (Å²) in [6.45, 7) is 2.13. The van der Waals surface area contributed by atoms with Crippen LogP contribution in [0, 0.1) is 0 Å². The Kier molecular flexibility index (Phi) is 5.28. The van der Waals surface area contributed by atoms with Crippen molar-refractivity contribution in [3.8, 4) is 11.4 Å². The van der Waals surface area contributed by atoms with Crippen molar-refractivity contribution in [2.75, 3.05) is 19.0 Å². The number of alkyl halides is 3. The SMILES string of the molecule is CCS(=O)(=O)c1nn2c(C(=O)NC3COC3)ccnc2c1-c1nc2cc(C(F)(F)F)cnc2n1C. The van der Waals surface area contributed by atoms with Gasteiger partial charge < -0.3 is 14.6 Å². The van der Waals surface area contributed by atoms with Crippen molar-refractivity contribution in [3.63, 3.8) is 0 Å². The monoisotopic (exact) mass is 509 g/mol. The number of nitrogens with zero attached hydrogens (tertiary/aromatic N) is 6. The summed E-state index contributed by atoms with van der Waals surface area (Å²) >= 11 is 0. The number of carbonyl (C=O) groups excluding carboxylic acids is 1. The largest absolute Gasteiger partial charge is 0.417 e. The normalized spacial score (nSPS) is 15.0. The molecule has 0 aliphatic carbocycles. The minimum absolute atomic E-state index is 0.00369. The molecular formula is C20H18F3N7O4S. The van der Waals surface area contributed by atoms with Crippen LogP contribution in [0.4, 0.5) is 13.2 Å². The minimum atomic E-state index is -4.63. The van der Waals surface area contributed by atoms with Crippen LogP contribution in [-0.4, -0.2) is 68.5 Å². The van der Waals surface area contributed by atoms with Gasteiger partial charge in [-0.1, -0.05) is 6.92 Å². The van der Waals surface area contributed by atoms with E-state index in [2.05, 4.69) is 25.4 Å². The van der Waals surface area contributed by atoms with Crippen molar-refractivity contribution in [3.05, 3.63) is 35.8 Å². The van der Waals surface area contributed by atoms with E-state index < -0.39 is 32.5 Å². The van der Waals surface area contributed by atoms with Crippen molar-refractivity contribution < 1.29 is 31.1 Å². The molecule has 0 bridgehead atoms. The first-order valence-electron chi connectivity index (χ1n) is 10.4. The van der Waals surface area contributed by atoms with E-state index in [1.165, 1.54) is 30.8 Å². The van der Waals surface area contributed by atoms with Crippen LogP contribution in [0.5, 0.6) is 0 Å². The van der Waals surface area contributed by atoms with Crippen LogP contribution in [0.1, 0.15) is 23.0 Å². The Labute approximate surface area is 195 Å². The highest BCUT2D eigenvalue weighted by Gasteiger charge is 2.34. The van der Waals surface area contributed by atoms with Gasteiger partial charge in [0.2, 0.25) is 0 Å². The number of halogens is 3. The Morgan fingerprint density at radius 1 is 1.26 bits per heavy atom. The van der Waals surface area contributed by atoms with Crippen LogP contribution in [-0.2, 0) is 27.8 Å². The van der Waals surface area contributed by atoms with E-state index >= 15 is 0 Å². The number of carbonyl (C=O) groups is 1. The zero-order valence-electron chi connectivity index (χ0n) is 18.4. The van der Waals surface area contributed by atoms with Gasteiger partial charge in [-0.25, -0.2) is 27.9 Å². The van der Waals surface area contributed by atoms with Crippen molar-refractivity contribution >= 4 is 32.6 Å². The quantitative estimate of drug-likeness (QED) is 0.429. The molecule has 1 N–H and O–H groups in total. The molecule has 1 amide bonds. The predicted molar refractivity (Wildman–Crippen MR) is 115 cm³/mol.